The minimum absolute atomic E-state index is 0.0856. The maximum absolute atomic E-state index is 12.6. The van der Waals surface area contributed by atoms with Crippen molar-refractivity contribution in [2.24, 2.45) is 0 Å². The fraction of sp³-hybridized carbons (Fsp3) is 0.723. The van der Waals surface area contributed by atoms with Gasteiger partial charge in [0, 0.05) is 19.3 Å². The molecule has 0 heterocycles. The first-order valence-corrected chi connectivity index (χ1v) is 21.8. The van der Waals surface area contributed by atoms with Gasteiger partial charge in [0.2, 0.25) is 0 Å². The molecule has 0 aliphatic rings. The van der Waals surface area contributed by atoms with Crippen LogP contribution in [0.3, 0.4) is 0 Å². The van der Waals surface area contributed by atoms with Crippen LogP contribution in [0.2, 0.25) is 0 Å². The molecule has 1 unspecified atom stereocenters. The van der Waals surface area contributed by atoms with Crippen LogP contribution in [0.5, 0.6) is 0 Å². The topological polar surface area (TPSA) is 78.9 Å². The van der Waals surface area contributed by atoms with Gasteiger partial charge >= 0.3 is 17.9 Å². The van der Waals surface area contributed by atoms with E-state index in [-0.39, 0.29) is 31.1 Å². The molecule has 53 heavy (non-hydrogen) atoms. The number of rotatable bonds is 38. The molecule has 0 saturated heterocycles. The summed E-state index contributed by atoms with van der Waals surface area (Å²) in [7, 11) is 0. The number of esters is 3. The lowest BCUT2D eigenvalue weighted by molar-refractivity contribution is -0.167. The van der Waals surface area contributed by atoms with E-state index >= 15 is 0 Å². The highest BCUT2D eigenvalue weighted by Crippen LogP contribution is 2.13. The monoisotopic (exact) mass is 741 g/mol. The largest absolute Gasteiger partial charge is 0.462 e. The van der Waals surface area contributed by atoms with E-state index in [2.05, 4.69) is 81.5 Å². The number of hydrogen-bond donors (Lipinski definition) is 0. The summed E-state index contributed by atoms with van der Waals surface area (Å²) in [6.07, 6.45) is 49.2. The number of unbranched alkanes of at least 4 members (excludes halogenated alkanes) is 17. The average molecular weight is 741 g/mol. The second-order valence-electron chi connectivity index (χ2n) is 14.2. The van der Waals surface area contributed by atoms with Crippen LogP contribution in [0.1, 0.15) is 201 Å². The number of carbonyl (C=O) groups excluding carboxylic acids is 3. The van der Waals surface area contributed by atoms with Crippen molar-refractivity contribution in [2.45, 2.75) is 207 Å². The number of carbonyl (C=O) groups is 3. The van der Waals surface area contributed by atoms with Gasteiger partial charge in [-0.3, -0.25) is 14.4 Å². The first kappa shape index (κ1) is 50.1. The molecule has 0 bridgehead atoms. The Labute approximate surface area is 326 Å². The zero-order chi connectivity index (χ0) is 38.7. The van der Waals surface area contributed by atoms with Crippen LogP contribution in [0, 0.1) is 0 Å². The molecule has 0 rings (SSSR count). The zero-order valence-electron chi connectivity index (χ0n) is 34.5. The molecule has 0 amide bonds. The van der Waals surface area contributed by atoms with Gasteiger partial charge in [0.05, 0.1) is 0 Å². The standard InChI is InChI=1S/C47H80O6/c1-4-7-10-13-16-19-21-22-23-24-25-26-27-29-31-34-37-40-46(49)52-43-44(42-51-45(48)39-36-33-30-18-15-12-9-6-3)53-47(50)41-38-35-32-28-20-17-14-11-8-5-2/h7,10-11,14,16,19,22-23,25-26,44H,4-6,8-9,12-13,15,17-18,20-21,24,27-43H2,1-3H3/b10-7-,14-11-,19-16-,23-22-,26-25-. The highest BCUT2D eigenvalue weighted by Gasteiger charge is 2.19. The van der Waals surface area contributed by atoms with Crippen LogP contribution in [-0.2, 0) is 28.6 Å². The lowest BCUT2D eigenvalue weighted by Gasteiger charge is -2.18. The van der Waals surface area contributed by atoms with E-state index in [4.69, 9.17) is 14.2 Å². The summed E-state index contributed by atoms with van der Waals surface area (Å²) in [5.41, 5.74) is 0. The molecule has 6 heteroatoms. The van der Waals surface area contributed by atoms with E-state index in [1.54, 1.807) is 0 Å². The summed E-state index contributed by atoms with van der Waals surface area (Å²) in [5.74, 6) is -0.932. The predicted octanol–water partition coefficient (Wildman–Crippen LogP) is 13.7. The number of ether oxygens (including phenoxy) is 3. The van der Waals surface area contributed by atoms with Crippen LogP contribution in [0.15, 0.2) is 60.8 Å². The minimum atomic E-state index is -0.782. The third kappa shape index (κ3) is 40.1. The van der Waals surface area contributed by atoms with Gasteiger partial charge in [-0.1, -0.05) is 165 Å². The Bertz CT molecular complexity index is 991. The average Bonchev–Trinajstić information content (AvgIpc) is 3.15. The fourth-order valence-corrected chi connectivity index (χ4v) is 5.73. The summed E-state index contributed by atoms with van der Waals surface area (Å²) in [4.78, 5) is 37.5. The SMILES string of the molecule is CC/C=C\C/C=C\C/C=C\C/C=C\CCCCCCC(=O)OCC(COC(=O)CCCCCCCCCC)OC(=O)CCCCCCC/C=C\CCC. The Hall–Kier alpha value is -2.89. The van der Waals surface area contributed by atoms with Gasteiger partial charge in [0.15, 0.2) is 6.10 Å². The molecule has 0 radical (unpaired) electrons. The van der Waals surface area contributed by atoms with Crippen LogP contribution >= 0.6 is 0 Å². The van der Waals surface area contributed by atoms with Gasteiger partial charge in [-0.15, -0.1) is 0 Å². The van der Waals surface area contributed by atoms with Crippen molar-refractivity contribution < 1.29 is 28.6 Å². The number of allylic oxidation sites excluding steroid dienone is 10. The molecular formula is C47H80O6. The molecule has 0 aliphatic heterocycles. The molecule has 0 spiro atoms. The van der Waals surface area contributed by atoms with E-state index in [9.17, 15) is 14.4 Å². The molecule has 0 N–H and O–H groups in total. The zero-order valence-corrected chi connectivity index (χ0v) is 34.5. The summed E-state index contributed by atoms with van der Waals surface area (Å²) >= 11 is 0. The Morgan fingerprint density at radius 2 is 0.774 bits per heavy atom. The van der Waals surface area contributed by atoms with Crippen molar-refractivity contribution >= 4 is 17.9 Å². The lowest BCUT2D eigenvalue weighted by atomic mass is 10.1. The maximum Gasteiger partial charge on any atom is 0.306 e. The predicted molar refractivity (Wildman–Crippen MR) is 224 cm³/mol. The van der Waals surface area contributed by atoms with Crippen LogP contribution < -0.4 is 0 Å². The lowest BCUT2D eigenvalue weighted by Crippen LogP contribution is -2.30. The highest BCUT2D eigenvalue weighted by molar-refractivity contribution is 5.71. The van der Waals surface area contributed by atoms with Crippen LogP contribution in [-0.4, -0.2) is 37.2 Å². The van der Waals surface area contributed by atoms with Crippen LogP contribution in [0.25, 0.3) is 0 Å². The van der Waals surface area contributed by atoms with Crippen molar-refractivity contribution in [2.75, 3.05) is 13.2 Å². The minimum Gasteiger partial charge on any atom is -0.462 e. The Morgan fingerprint density at radius 1 is 0.396 bits per heavy atom. The molecule has 0 aromatic carbocycles. The second kappa shape index (κ2) is 41.9. The summed E-state index contributed by atoms with van der Waals surface area (Å²) < 4.78 is 16.6. The third-order valence-electron chi connectivity index (χ3n) is 8.99. The van der Waals surface area contributed by atoms with E-state index in [0.29, 0.717) is 19.3 Å². The van der Waals surface area contributed by atoms with E-state index in [1.165, 1.54) is 44.9 Å². The maximum atomic E-state index is 12.6. The van der Waals surface area contributed by atoms with Crippen molar-refractivity contribution in [3.63, 3.8) is 0 Å². The molecule has 0 aromatic rings. The first-order chi connectivity index (χ1) is 26.0. The van der Waals surface area contributed by atoms with Crippen molar-refractivity contribution in [3.05, 3.63) is 60.8 Å². The molecule has 0 fully saturated rings. The van der Waals surface area contributed by atoms with Gasteiger partial charge in [-0.05, 0) is 77.0 Å². The van der Waals surface area contributed by atoms with Gasteiger partial charge in [0.1, 0.15) is 13.2 Å². The van der Waals surface area contributed by atoms with Gasteiger partial charge in [-0.2, -0.15) is 0 Å². The molecular weight excluding hydrogens is 661 g/mol. The molecule has 0 aromatic heterocycles. The molecule has 1 atom stereocenters. The molecule has 0 aliphatic carbocycles. The Balaban J connectivity index is 4.37. The van der Waals surface area contributed by atoms with Crippen molar-refractivity contribution in [3.8, 4) is 0 Å². The molecule has 6 nitrogen and oxygen atoms in total. The van der Waals surface area contributed by atoms with E-state index in [0.717, 1.165) is 116 Å². The quantitative estimate of drug-likeness (QED) is 0.0271. The highest BCUT2D eigenvalue weighted by atomic mass is 16.6. The van der Waals surface area contributed by atoms with Crippen molar-refractivity contribution in [1.29, 1.82) is 0 Å². The summed E-state index contributed by atoms with van der Waals surface area (Å²) in [6.45, 7) is 6.38. The summed E-state index contributed by atoms with van der Waals surface area (Å²) in [5, 5.41) is 0. The molecule has 304 valence electrons. The Kier molecular flexibility index (Phi) is 39.6. The number of hydrogen-bond acceptors (Lipinski definition) is 6. The third-order valence-corrected chi connectivity index (χ3v) is 8.99. The van der Waals surface area contributed by atoms with Gasteiger partial charge in [-0.25, -0.2) is 0 Å². The second-order valence-corrected chi connectivity index (χ2v) is 14.2. The summed E-state index contributed by atoms with van der Waals surface area (Å²) in [6, 6.07) is 0. The first-order valence-electron chi connectivity index (χ1n) is 21.8. The normalized spacial score (nSPS) is 12.6. The van der Waals surface area contributed by atoms with Gasteiger partial charge < -0.3 is 14.2 Å². The van der Waals surface area contributed by atoms with E-state index < -0.39 is 6.10 Å². The smallest absolute Gasteiger partial charge is 0.306 e. The van der Waals surface area contributed by atoms with Gasteiger partial charge in [0.25, 0.3) is 0 Å². The van der Waals surface area contributed by atoms with Crippen molar-refractivity contribution in [1.82, 2.24) is 0 Å². The Morgan fingerprint density at radius 3 is 1.25 bits per heavy atom. The van der Waals surface area contributed by atoms with E-state index in [1.807, 2.05) is 0 Å². The van der Waals surface area contributed by atoms with Crippen LogP contribution in [0.4, 0.5) is 0 Å². The fourth-order valence-electron chi connectivity index (χ4n) is 5.73. The molecule has 0 saturated carbocycles.